The average molecular weight is 331 g/mol. The third-order valence-electron chi connectivity index (χ3n) is 3.10. The lowest BCUT2D eigenvalue weighted by molar-refractivity contribution is 0.102. The molecule has 0 unspecified atom stereocenters. The largest absolute Gasteiger partial charge is 0.322 e. The minimum absolute atomic E-state index is 0.181. The average Bonchev–Trinajstić information content (AvgIpc) is 2.89. The summed E-state index contributed by atoms with van der Waals surface area (Å²) in [4.78, 5) is 16.3. The maximum atomic E-state index is 12.3. The van der Waals surface area contributed by atoms with Crippen molar-refractivity contribution in [3.05, 3.63) is 52.4 Å². The molecule has 0 saturated carbocycles. The minimum atomic E-state index is -0.181. The summed E-state index contributed by atoms with van der Waals surface area (Å²) in [5, 5.41) is 10.6. The maximum absolute atomic E-state index is 12.3. The van der Waals surface area contributed by atoms with E-state index in [1.807, 2.05) is 25.1 Å². The Morgan fingerprint density at radius 2 is 2.15 bits per heavy atom. The summed E-state index contributed by atoms with van der Waals surface area (Å²) in [6.45, 7) is 1.87. The van der Waals surface area contributed by atoms with Crippen LogP contribution in [0.3, 0.4) is 0 Å². The number of hydrogen-bond acceptors (Lipinski definition) is 3. The van der Waals surface area contributed by atoms with E-state index in [1.165, 1.54) is 0 Å². The SMILES string of the molecule is Cc1c(Br)cncc1C(=O)Nc1ccc2[nH]ncc2c1. The molecule has 0 fully saturated rings. The Hall–Kier alpha value is -2.21. The minimum Gasteiger partial charge on any atom is -0.322 e. The number of pyridine rings is 1. The number of halogens is 1. The highest BCUT2D eigenvalue weighted by Gasteiger charge is 2.12. The lowest BCUT2D eigenvalue weighted by Gasteiger charge is -2.08. The van der Waals surface area contributed by atoms with Gasteiger partial charge in [-0.25, -0.2) is 0 Å². The predicted molar refractivity (Wildman–Crippen MR) is 80.7 cm³/mol. The van der Waals surface area contributed by atoms with Gasteiger partial charge in [0.1, 0.15) is 0 Å². The van der Waals surface area contributed by atoms with Crippen molar-refractivity contribution in [2.75, 3.05) is 5.32 Å². The normalized spacial score (nSPS) is 10.7. The summed E-state index contributed by atoms with van der Waals surface area (Å²) in [7, 11) is 0. The zero-order chi connectivity index (χ0) is 14.1. The van der Waals surface area contributed by atoms with Crippen molar-refractivity contribution in [1.82, 2.24) is 15.2 Å². The van der Waals surface area contributed by atoms with Crippen LogP contribution in [0.15, 0.2) is 41.3 Å². The fourth-order valence-electron chi connectivity index (χ4n) is 1.95. The molecular formula is C14H11BrN4O. The molecule has 3 aromatic rings. The second kappa shape index (κ2) is 5.05. The van der Waals surface area contributed by atoms with Crippen molar-refractivity contribution in [3.8, 4) is 0 Å². The molecule has 2 aromatic heterocycles. The summed E-state index contributed by atoms with van der Waals surface area (Å²) >= 11 is 3.37. The first kappa shape index (κ1) is 12.8. The number of aromatic nitrogens is 3. The number of benzene rings is 1. The van der Waals surface area contributed by atoms with Crippen molar-refractivity contribution >= 4 is 38.4 Å². The third kappa shape index (κ3) is 2.30. The van der Waals surface area contributed by atoms with E-state index in [9.17, 15) is 4.79 Å². The molecule has 2 N–H and O–H groups in total. The van der Waals surface area contributed by atoms with E-state index >= 15 is 0 Å². The van der Waals surface area contributed by atoms with Crippen LogP contribution in [0.2, 0.25) is 0 Å². The van der Waals surface area contributed by atoms with E-state index in [1.54, 1.807) is 18.6 Å². The Labute approximate surface area is 123 Å². The summed E-state index contributed by atoms with van der Waals surface area (Å²) in [6.07, 6.45) is 4.95. The zero-order valence-corrected chi connectivity index (χ0v) is 12.2. The van der Waals surface area contributed by atoms with E-state index in [0.29, 0.717) is 5.56 Å². The van der Waals surface area contributed by atoms with Gasteiger partial charge in [-0.05, 0) is 46.6 Å². The molecule has 0 aliphatic heterocycles. The van der Waals surface area contributed by atoms with Crippen LogP contribution >= 0.6 is 15.9 Å². The van der Waals surface area contributed by atoms with Crippen LogP contribution in [0, 0.1) is 6.92 Å². The van der Waals surface area contributed by atoms with Crippen molar-refractivity contribution < 1.29 is 4.79 Å². The van der Waals surface area contributed by atoms with E-state index in [4.69, 9.17) is 0 Å². The molecule has 0 spiro atoms. The number of fused-ring (bicyclic) bond motifs is 1. The highest BCUT2D eigenvalue weighted by Crippen LogP contribution is 2.21. The van der Waals surface area contributed by atoms with Crippen molar-refractivity contribution in [2.24, 2.45) is 0 Å². The van der Waals surface area contributed by atoms with Crippen LogP contribution < -0.4 is 5.32 Å². The van der Waals surface area contributed by atoms with Gasteiger partial charge in [-0.15, -0.1) is 0 Å². The van der Waals surface area contributed by atoms with Crippen molar-refractivity contribution in [2.45, 2.75) is 6.92 Å². The molecule has 0 saturated heterocycles. The Kier molecular flexibility index (Phi) is 3.23. The second-order valence-electron chi connectivity index (χ2n) is 4.42. The molecule has 6 heteroatoms. The summed E-state index contributed by atoms with van der Waals surface area (Å²) in [5.41, 5.74) is 3.07. The first-order chi connectivity index (χ1) is 9.65. The number of aromatic amines is 1. The summed E-state index contributed by atoms with van der Waals surface area (Å²) < 4.78 is 0.815. The number of H-pyrrole nitrogens is 1. The molecule has 5 nitrogen and oxygen atoms in total. The van der Waals surface area contributed by atoms with E-state index in [2.05, 4.69) is 36.4 Å². The highest BCUT2D eigenvalue weighted by molar-refractivity contribution is 9.10. The molecule has 100 valence electrons. The van der Waals surface area contributed by atoms with Crippen LogP contribution in [0.5, 0.6) is 0 Å². The summed E-state index contributed by atoms with van der Waals surface area (Å²) in [6, 6.07) is 5.58. The fourth-order valence-corrected chi connectivity index (χ4v) is 2.28. The van der Waals surface area contributed by atoms with Gasteiger partial charge in [-0.1, -0.05) is 0 Å². The third-order valence-corrected chi connectivity index (χ3v) is 3.90. The first-order valence-electron chi connectivity index (χ1n) is 6.00. The molecule has 0 atom stereocenters. The number of nitrogens with one attached hydrogen (secondary N) is 2. The second-order valence-corrected chi connectivity index (χ2v) is 5.27. The number of nitrogens with zero attached hydrogens (tertiary/aromatic N) is 2. The fraction of sp³-hybridized carbons (Fsp3) is 0.0714. The van der Waals surface area contributed by atoms with Gasteiger partial charge in [0.15, 0.2) is 0 Å². The first-order valence-corrected chi connectivity index (χ1v) is 6.79. The Morgan fingerprint density at radius 3 is 3.00 bits per heavy atom. The number of anilines is 1. The van der Waals surface area contributed by atoms with Gasteiger partial charge < -0.3 is 5.32 Å². The van der Waals surface area contributed by atoms with Crippen LogP contribution in [-0.2, 0) is 0 Å². The quantitative estimate of drug-likeness (QED) is 0.757. The smallest absolute Gasteiger partial charge is 0.257 e. The Morgan fingerprint density at radius 1 is 1.30 bits per heavy atom. The van der Waals surface area contributed by atoms with Crippen LogP contribution in [0.1, 0.15) is 15.9 Å². The standard InChI is InChI=1S/C14H11BrN4O/c1-8-11(6-16-7-12(8)15)14(20)18-10-2-3-13-9(4-10)5-17-19-13/h2-7H,1H3,(H,17,19)(H,18,20). The topological polar surface area (TPSA) is 70.7 Å². The van der Waals surface area contributed by atoms with E-state index in [-0.39, 0.29) is 5.91 Å². The molecule has 3 rings (SSSR count). The summed E-state index contributed by atoms with van der Waals surface area (Å²) in [5.74, 6) is -0.181. The molecule has 0 aliphatic rings. The molecule has 20 heavy (non-hydrogen) atoms. The molecule has 2 heterocycles. The Balaban J connectivity index is 1.90. The number of rotatable bonds is 2. The van der Waals surface area contributed by atoms with Gasteiger partial charge in [-0.2, -0.15) is 5.10 Å². The zero-order valence-electron chi connectivity index (χ0n) is 10.6. The molecule has 0 radical (unpaired) electrons. The van der Waals surface area contributed by atoms with Crippen molar-refractivity contribution in [1.29, 1.82) is 0 Å². The lowest BCUT2D eigenvalue weighted by atomic mass is 10.1. The Bertz CT molecular complexity index is 797. The molecule has 0 aliphatic carbocycles. The number of hydrogen-bond donors (Lipinski definition) is 2. The van der Waals surface area contributed by atoms with Gasteiger partial charge in [0, 0.05) is 27.9 Å². The lowest BCUT2D eigenvalue weighted by Crippen LogP contribution is -2.13. The van der Waals surface area contributed by atoms with E-state index in [0.717, 1.165) is 26.6 Å². The van der Waals surface area contributed by atoms with Crippen LogP contribution in [0.4, 0.5) is 5.69 Å². The number of amides is 1. The van der Waals surface area contributed by atoms with Crippen molar-refractivity contribution in [3.63, 3.8) is 0 Å². The monoisotopic (exact) mass is 330 g/mol. The van der Waals surface area contributed by atoms with Gasteiger partial charge in [0.2, 0.25) is 0 Å². The molecule has 1 aromatic carbocycles. The van der Waals surface area contributed by atoms with E-state index < -0.39 is 0 Å². The highest BCUT2D eigenvalue weighted by atomic mass is 79.9. The molecule has 1 amide bonds. The van der Waals surface area contributed by atoms with Gasteiger partial charge in [0.25, 0.3) is 5.91 Å². The molecular weight excluding hydrogens is 320 g/mol. The molecule has 0 bridgehead atoms. The predicted octanol–water partition coefficient (Wildman–Crippen LogP) is 3.28. The number of carbonyl (C=O) groups excluding carboxylic acids is 1. The van der Waals surface area contributed by atoms with Gasteiger partial charge in [-0.3, -0.25) is 14.9 Å². The van der Waals surface area contributed by atoms with Crippen LogP contribution in [-0.4, -0.2) is 21.1 Å². The van der Waals surface area contributed by atoms with Gasteiger partial charge in [0.05, 0.1) is 17.3 Å². The van der Waals surface area contributed by atoms with Gasteiger partial charge >= 0.3 is 0 Å². The number of carbonyl (C=O) groups is 1. The maximum Gasteiger partial charge on any atom is 0.257 e. The van der Waals surface area contributed by atoms with Crippen LogP contribution in [0.25, 0.3) is 10.9 Å².